The Morgan fingerprint density at radius 2 is 1.62 bits per heavy atom. The SMILES string of the molecule is CC1(C)COC(=O)N[C@@H]1c1cc2ccccc2c2ccccc12.Cl. The van der Waals surface area contributed by atoms with Crippen LogP contribution >= 0.6 is 12.4 Å². The number of halogens is 1. The van der Waals surface area contributed by atoms with E-state index in [4.69, 9.17) is 4.74 Å². The minimum absolute atomic E-state index is 0. The summed E-state index contributed by atoms with van der Waals surface area (Å²) >= 11 is 0. The minimum atomic E-state index is -0.341. The van der Waals surface area contributed by atoms with Gasteiger partial charge in [-0.25, -0.2) is 4.79 Å². The standard InChI is InChI=1S/C20H19NO2.ClH/c1-20(2)12-23-19(22)21-18(20)17-11-13-7-3-4-8-14(13)15-9-5-6-10-16(15)17;/h3-11,18H,12H2,1-2H3,(H,21,22);1H/t18-;/m1./s1. The van der Waals surface area contributed by atoms with Crippen LogP contribution in [0.4, 0.5) is 4.79 Å². The lowest BCUT2D eigenvalue weighted by molar-refractivity contribution is 0.0392. The van der Waals surface area contributed by atoms with Gasteiger partial charge in [0.2, 0.25) is 0 Å². The Morgan fingerprint density at radius 3 is 2.38 bits per heavy atom. The molecule has 0 bridgehead atoms. The number of cyclic esters (lactones) is 1. The number of fused-ring (bicyclic) bond motifs is 3. The van der Waals surface area contributed by atoms with Crippen molar-refractivity contribution < 1.29 is 9.53 Å². The van der Waals surface area contributed by atoms with Crippen LogP contribution in [0.25, 0.3) is 21.5 Å². The van der Waals surface area contributed by atoms with Gasteiger partial charge in [-0.3, -0.25) is 0 Å². The van der Waals surface area contributed by atoms with Crippen molar-refractivity contribution in [3.63, 3.8) is 0 Å². The lowest BCUT2D eigenvalue weighted by Gasteiger charge is -2.39. The molecule has 0 aromatic heterocycles. The third kappa shape index (κ3) is 2.59. The van der Waals surface area contributed by atoms with Gasteiger partial charge in [-0.05, 0) is 33.2 Å². The number of carbonyl (C=O) groups is 1. The highest BCUT2D eigenvalue weighted by molar-refractivity contribution is 6.09. The fraction of sp³-hybridized carbons (Fsp3) is 0.250. The molecule has 1 aliphatic heterocycles. The molecule has 4 heteroatoms. The first kappa shape index (κ1) is 16.6. The number of amides is 1. The van der Waals surface area contributed by atoms with Gasteiger partial charge in [0.1, 0.15) is 6.61 Å². The summed E-state index contributed by atoms with van der Waals surface area (Å²) in [6.07, 6.45) is -0.341. The normalized spacial score (nSPS) is 19.4. The summed E-state index contributed by atoms with van der Waals surface area (Å²) in [5.74, 6) is 0. The molecular weight excluding hydrogens is 322 g/mol. The minimum Gasteiger partial charge on any atom is -0.449 e. The lowest BCUT2D eigenvalue weighted by Crippen LogP contribution is -2.47. The first-order valence-electron chi connectivity index (χ1n) is 7.90. The highest BCUT2D eigenvalue weighted by Crippen LogP contribution is 2.41. The second kappa shape index (κ2) is 5.99. The zero-order valence-electron chi connectivity index (χ0n) is 13.7. The van der Waals surface area contributed by atoms with E-state index in [2.05, 4.69) is 73.8 Å². The van der Waals surface area contributed by atoms with Gasteiger partial charge in [0.25, 0.3) is 0 Å². The van der Waals surface area contributed by atoms with Gasteiger partial charge in [0.05, 0.1) is 6.04 Å². The number of rotatable bonds is 1. The molecule has 1 heterocycles. The van der Waals surface area contributed by atoms with Crippen LogP contribution in [0.15, 0.2) is 54.6 Å². The molecule has 1 atom stereocenters. The van der Waals surface area contributed by atoms with Crippen molar-refractivity contribution in [1.29, 1.82) is 0 Å². The number of alkyl carbamates (subject to hydrolysis) is 1. The molecule has 1 saturated heterocycles. The molecule has 1 amide bonds. The van der Waals surface area contributed by atoms with Crippen LogP contribution in [0.5, 0.6) is 0 Å². The smallest absolute Gasteiger partial charge is 0.407 e. The van der Waals surface area contributed by atoms with E-state index in [1.807, 2.05) is 0 Å². The van der Waals surface area contributed by atoms with E-state index in [-0.39, 0.29) is 30.0 Å². The summed E-state index contributed by atoms with van der Waals surface area (Å²) < 4.78 is 5.19. The monoisotopic (exact) mass is 341 g/mol. The summed E-state index contributed by atoms with van der Waals surface area (Å²) in [6.45, 7) is 4.67. The first-order chi connectivity index (χ1) is 11.1. The van der Waals surface area contributed by atoms with E-state index in [0.29, 0.717) is 6.61 Å². The summed E-state index contributed by atoms with van der Waals surface area (Å²) in [5, 5.41) is 7.86. The van der Waals surface area contributed by atoms with Gasteiger partial charge < -0.3 is 10.1 Å². The van der Waals surface area contributed by atoms with Gasteiger partial charge in [-0.1, -0.05) is 62.4 Å². The second-order valence-electron chi connectivity index (χ2n) is 6.87. The molecule has 3 aromatic carbocycles. The summed E-state index contributed by atoms with van der Waals surface area (Å²) in [4.78, 5) is 11.8. The maximum atomic E-state index is 11.8. The Bertz CT molecular complexity index is 920. The number of hydrogen-bond acceptors (Lipinski definition) is 2. The highest BCUT2D eigenvalue weighted by atomic mass is 35.5. The Hall–Kier alpha value is -2.26. The number of benzene rings is 3. The van der Waals surface area contributed by atoms with Gasteiger partial charge >= 0.3 is 6.09 Å². The fourth-order valence-electron chi connectivity index (χ4n) is 3.51. The second-order valence-corrected chi connectivity index (χ2v) is 6.87. The molecule has 0 aliphatic carbocycles. The largest absolute Gasteiger partial charge is 0.449 e. The van der Waals surface area contributed by atoms with E-state index in [0.717, 1.165) is 5.56 Å². The molecule has 1 fully saturated rings. The topological polar surface area (TPSA) is 38.3 Å². The number of ether oxygens (including phenoxy) is 1. The summed E-state index contributed by atoms with van der Waals surface area (Å²) in [7, 11) is 0. The van der Waals surface area contributed by atoms with Crippen LogP contribution in [0.2, 0.25) is 0 Å². The molecule has 3 aromatic rings. The Balaban J connectivity index is 0.00000169. The van der Waals surface area contributed by atoms with Crippen LogP contribution in [0.3, 0.4) is 0 Å². The van der Waals surface area contributed by atoms with Crippen LogP contribution in [0, 0.1) is 5.41 Å². The van der Waals surface area contributed by atoms with Crippen LogP contribution < -0.4 is 5.32 Å². The Labute approximate surface area is 147 Å². The molecule has 0 unspecified atom stereocenters. The predicted octanol–water partition coefficient (Wildman–Crippen LogP) is 5.22. The van der Waals surface area contributed by atoms with Crippen molar-refractivity contribution in [1.82, 2.24) is 5.32 Å². The average Bonchev–Trinajstić information content (AvgIpc) is 2.56. The number of nitrogens with one attached hydrogen (secondary N) is 1. The molecule has 0 spiro atoms. The van der Waals surface area contributed by atoms with Crippen molar-refractivity contribution in [2.75, 3.05) is 6.61 Å². The van der Waals surface area contributed by atoms with E-state index in [1.54, 1.807) is 0 Å². The molecule has 124 valence electrons. The van der Waals surface area contributed by atoms with E-state index in [1.165, 1.54) is 21.5 Å². The lowest BCUT2D eigenvalue weighted by atomic mass is 9.78. The summed E-state index contributed by atoms with van der Waals surface area (Å²) in [6, 6.07) is 18.9. The molecule has 1 aliphatic rings. The average molecular weight is 342 g/mol. The maximum Gasteiger partial charge on any atom is 0.407 e. The molecular formula is C20H20ClNO2. The van der Waals surface area contributed by atoms with Gasteiger partial charge in [0, 0.05) is 5.41 Å². The highest BCUT2D eigenvalue weighted by Gasteiger charge is 2.38. The number of carbonyl (C=O) groups excluding carboxylic acids is 1. The van der Waals surface area contributed by atoms with Crippen molar-refractivity contribution in [3.05, 3.63) is 60.2 Å². The van der Waals surface area contributed by atoms with Crippen molar-refractivity contribution in [2.24, 2.45) is 5.41 Å². The Morgan fingerprint density at radius 1 is 1.00 bits per heavy atom. The van der Waals surface area contributed by atoms with Crippen LogP contribution in [0.1, 0.15) is 25.5 Å². The zero-order chi connectivity index (χ0) is 16.0. The molecule has 0 radical (unpaired) electrons. The maximum absolute atomic E-state index is 11.8. The Kier molecular flexibility index (Phi) is 4.14. The fourth-order valence-corrected chi connectivity index (χ4v) is 3.51. The summed E-state index contributed by atoms with van der Waals surface area (Å²) in [5.41, 5.74) is 0.986. The van der Waals surface area contributed by atoms with Crippen molar-refractivity contribution in [3.8, 4) is 0 Å². The third-order valence-corrected chi connectivity index (χ3v) is 4.73. The van der Waals surface area contributed by atoms with Gasteiger partial charge in [0.15, 0.2) is 0 Å². The zero-order valence-corrected chi connectivity index (χ0v) is 14.5. The number of hydrogen-bond donors (Lipinski definition) is 1. The van der Waals surface area contributed by atoms with E-state index >= 15 is 0 Å². The van der Waals surface area contributed by atoms with Gasteiger partial charge in [-0.15, -0.1) is 12.4 Å². The van der Waals surface area contributed by atoms with E-state index in [9.17, 15) is 4.79 Å². The van der Waals surface area contributed by atoms with Crippen molar-refractivity contribution in [2.45, 2.75) is 19.9 Å². The quantitative estimate of drug-likeness (QED) is 0.616. The molecule has 3 nitrogen and oxygen atoms in total. The van der Waals surface area contributed by atoms with E-state index < -0.39 is 0 Å². The predicted molar refractivity (Wildman–Crippen MR) is 99.7 cm³/mol. The third-order valence-electron chi connectivity index (χ3n) is 4.73. The molecule has 1 N–H and O–H groups in total. The van der Waals surface area contributed by atoms with Crippen molar-refractivity contribution >= 4 is 40.0 Å². The van der Waals surface area contributed by atoms with Gasteiger partial charge in [-0.2, -0.15) is 0 Å². The van der Waals surface area contributed by atoms with Crippen LogP contribution in [-0.2, 0) is 4.74 Å². The van der Waals surface area contributed by atoms with Crippen LogP contribution in [-0.4, -0.2) is 12.7 Å². The molecule has 24 heavy (non-hydrogen) atoms. The molecule has 4 rings (SSSR count). The molecule has 0 saturated carbocycles. The first-order valence-corrected chi connectivity index (χ1v) is 7.90.